The van der Waals surface area contributed by atoms with E-state index in [9.17, 15) is 0 Å². The monoisotopic (exact) mass is 189 g/mol. The zero-order valence-corrected chi connectivity index (χ0v) is 8.99. The summed E-state index contributed by atoms with van der Waals surface area (Å²) in [4.78, 5) is 0. The van der Waals surface area contributed by atoms with Crippen LogP contribution in [0.2, 0.25) is 0 Å². The zero-order chi connectivity index (χ0) is 8.97. The molecule has 1 rings (SSSR count). The second kappa shape index (κ2) is 5.10. The highest BCUT2D eigenvalue weighted by atomic mass is 32.2. The van der Waals surface area contributed by atoms with E-state index in [0.29, 0.717) is 17.3 Å². The minimum atomic E-state index is 0.591. The van der Waals surface area contributed by atoms with E-state index < -0.39 is 0 Å². The minimum Gasteiger partial charge on any atom is -0.384 e. The lowest BCUT2D eigenvalue weighted by atomic mass is 10.1. The number of thioether (sulfide) groups is 1. The molecule has 0 aromatic carbocycles. The van der Waals surface area contributed by atoms with Crippen LogP contribution in [0, 0.1) is 5.92 Å². The van der Waals surface area contributed by atoms with Gasteiger partial charge in [0.2, 0.25) is 0 Å². The maximum Gasteiger partial charge on any atom is 0.0582 e. The lowest BCUT2D eigenvalue weighted by molar-refractivity contribution is 0.151. The zero-order valence-electron chi connectivity index (χ0n) is 8.17. The number of hydrogen-bond acceptors (Lipinski definition) is 3. The second-order valence-electron chi connectivity index (χ2n) is 3.58. The molecule has 0 radical (unpaired) electrons. The molecule has 1 heterocycles. The fourth-order valence-corrected chi connectivity index (χ4v) is 2.94. The molecule has 0 aliphatic carbocycles. The van der Waals surface area contributed by atoms with Gasteiger partial charge in [0.1, 0.15) is 0 Å². The third kappa shape index (κ3) is 2.96. The van der Waals surface area contributed by atoms with Gasteiger partial charge in [-0.3, -0.25) is 0 Å². The van der Waals surface area contributed by atoms with Crippen molar-refractivity contribution in [3.63, 3.8) is 0 Å². The highest BCUT2D eigenvalue weighted by Gasteiger charge is 2.23. The third-order valence-corrected chi connectivity index (χ3v) is 3.67. The average molecular weight is 189 g/mol. The van der Waals surface area contributed by atoms with Gasteiger partial charge in [0, 0.05) is 19.1 Å². The van der Waals surface area contributed by atoms with Gasteiger partial charge in [0.15, 0.2) is 0 Å². The van der Waals surface area contributed by atoms with Crippen LogP contribution >= 0.6 is 11.8 Å². The first-order valence-electron chi connectivity index (χ1n) is 4.60. The van der Waals surface area contributed by atoms with Crippen LogP contribution in [0.15, 0.2) is 0 Å². The molecule has 1 aliphatic heterocycles. The van der Waals surface area contributed by atoms with Crippen molar-refractivity contribution in [3.8, 4) is 0 Å². The smallest absolute Gasteiger partial charge is 0.0582 e. The normalized spacial score (nSPS) is 33.2. The van der Waals surface area contributed by atoms with Gasteiger partial charge >= 0.3 is 0 Å². The highest BCUT2D eigenvalue weighted by Crippen LogP contribution is 2.23. The predicted octanol–water partition coefficient (Wildman–Crippen LogP) is 1.71. The van der Waals surface area contributed by atoms with Crippen LogP contribution < -0.4 is 5.32 Å². The van der Waals surface area contributed by atoms with E-state index in [1.165, 1.54) is 12.2 Å². The lowest BCUT2D eigenvalue weighted by Crippen LogP contribution is -2.43. The van der Waals surface area contributed by atoms with Gasteiger partial charge in [-0.2, -0.15) is 0 Å². The Morgan fingerprint density at radius 2 is 2.42 bits per heavy atom. The maximum absolute atomic E-state index is 5.14. The van der Waals surface area contributed by atoms with Crippen molar-refractivity contribution < 1.29 is 4.74 Å². The van der Waals surface area contributed by atoms with E-state index >= 15 is 0 Å². The summed E-state index contributed by atoms with van der Waals surface area (Å²) >= 11 is 2.02. The summed E-state index contributed by atoms with van der Waals surface area (Å²) in [5.41, 5.74) is 0. The molecule has 1 aliphatic rings. The SMILES string of the molecule is COCC(C)C1NC(C)CCS1. The van der Waals surface area contributed by atoms with Crippen LogP contribution in [0.1, 0.15) is 20.3 Å². The topological polar surface area (TPSA) is 21.3 Å². The molecule has 1 N–H and O–H groups in total. The molecule has 3 heteroatoms. The Kier molecular flexibility index (Phi) is 4.40. The quantitative estimate of drug-likeness (QED) is 0.730. The Labute approximate surface area is 79.4 Å². The molecule has 3 atom stereocenters. The summed E-state index contributed by atoms with van der Waals surface area (Å²) in [6.07, 6.45) is 1.29. The summed E-state index contributed by atoms with van der Waals surface area (Å²) in [7, 11) is 1.77. The third-order valence-electron chi connectivity index (χ3n) is 2.24. The first-order valence-corrected chi connectivity index (χ1v) is 5.65. The van der Waals surface area contributed by atoms with Gasteiger partial charge in [-0.25, -0.2) is 0 Å². The molecule has 1 fully saturated rings. The summed E-state index contributed by atoms with van der Waals surface area (Å²) in [6.45, 7) is 5.36. The van der Waals surface area contributed by atoms with Crippen LogP contribution in [0.25, 0.3) is 0 Å². The summed E-state index contributed by atoms with van der Waals surface area (Å²) < 4.78 is 5.14. The van der Waals surface area contributed by atoms with Crippen LogP contribution in [0.5, 0.6) is 0 Å². The first kappa shape index (κ1) is 10.4. The summed E-state index contributed by atoms with van der Waals surface area (Å²) in [5.74, 6) is 1.90. The average Bonchev–Trinajstić information content (AvgIpc) is 2.05. The van der Waals surface area contributed by atoms with Crippen molar-refractivity contribution in [2.75, 3.05) is 19.5 Å². The molecule has 2 nitrogen and oxygen atoms in total. The Morgan fingerprint density at radius 1 is 1.67 bits per heavy atom. The Bertz CT molecular complexity index is 132. The standard InChI is InChI=1S/C9H19NOS/c1-7(6-11-3)9-10-8(2)4-5-12-9/h7-10H,4-6H2,1-3H3. The molecule has 0 aromatic heterocycles. The molecule has 0 saturated carbocycles. The minimum absolute atomic E-state index is 0.591. The van der Waals surface area contributed by atoms with E-state index in [-0.39, 0.29) is 0 Å². The number of ether oxygens (including phenoxy) is 1. The van der Waals surface area contributed by atoms with Crippen LogP contribution in [0.3, 0.4) is 0 Å². The number of nitrogens with one attached hydrogen (secondary N) is 1. The van der Waals surface area contributed by atoms with Crippen molar-refractivity contribution in [1.82, 2.24) is 5.32 Å². The Hall–Kier alpha value is 0.270. The molecular weight excluding hydrogens is 170 g/mol. The van der Waals surface area contributed by atoms with Gasteiger partial charge in [0.25, 0.3) is 0 Å². The lowest BCUT2D eigenvalue weighted by Gasteiger charge is -2.32. The van der Waals surface area contributed by atoms with Crippen molar-refractivity contribution in [3.05, 3.63) is 0 Å². The van der Waals surface area contributed by atoms with Gasteiger partial charge in [0.05, 0.1) is 12.0 Å². The van der Waals surface area contributed by atoms with Crippen LogP contribution in [0.4, 0.5) is 0 Å². The molecule has 0 spiro atoms. The van der Waals surface area contributed by atoms with Crippen molar-refractivity contribution in [1.29, 1.82) is 0 Å². The van der Waals surface area contributed by atoms with E-state index in [2.05, 4.69) is 19.2 Å². The Morgan fingerprint density at radius 3 is 3.00 bits per heavy atom. The van der Waals surface area contributed by atoms with E-state index in [1.54, 1.807) is 7.11 Å². The number of hydrogen-bond donors (Lipinski definition) is 1. The van der Waals surface area contributed by atoms with E-state index in [1.807, 2.05) is 11.8 Å². The van der Waals surface area contributed by atoms with Crippen LogP contribution in [-0.2, 0) is 4.74 Å². The van der Waals surface area contributed by atoms with Crippen molar-refractivity contribution in [2.24, 2.45) is 5.92 Å². The fourth-order valence-electron chi connectivity index (χ4n) is 1.46. The summed E-state index contributed by atoms with van der Waals surface area (Å²) in [5, 5.41) is 4.18. The van der Waals surface area contributed by atoms with Crippen molar-refractivity contribution in [2.45, 2.75) is 31.7 Å². The molecule has 0 bridgehead atoms. The molecule has 72 valence electrons. The van der Waals surface area contributed by atoms with Gasteiger partial charge in [-0.15, -0.1) is 11.8 Å². The molecule has 0 aromatic rings. The molecule has 12 heavy (non-hydrogen) atoms. The molecular formula is C9H19NOS. The molecule has 1 saturated heterocycles. The van der Waals surface area contributed by atoms with Gasteiger partial charge < -0.3 is 10.1 Å². The van der Waals surface area contributed by atoms with Crippen molar-refractivity contribution >= 4 is 11.8 Å². The van der Waals surface area contributed by atoms with E-state index in [0.717, 1.165) is 6.61 Å². The fraction of sp³-hybridized carbons (Fsp3) is 1.00. The molecule has 3 unspecified atom stereocenters. The number of rotatable bonds is 3. The van der Waals surface area contributed by atoms with Gasteiger partial charge in [-0.1, -0.05) is 6.92 Å². The van der Waals surface area contributed by atoms with Crippen LogP contribution in [-0.4, -0.2) is 30.9 Å². The van der Waals surface area contributed by atoms with Gasteiger partial charge in [-0.05, 0) is 19.1 Å². The van der Waals surface area contributed by atoms with E-state index in [4.69, 9.17) is 4.74 Å². The predicted molar refractivity (Wildman–Crippen MR) is 54.5 cm³/mol. The second-order valence-corrected chi connectivity index (χ2v) is 4.83. The largest absolute Gasteiger partial charge is 0.384 e. The highest BCUT2D eigenvalue weighted by molar-refractivity contribution is 7.99. The maximum atomic E-state index is 5.14. The summed E-state index contributed by atoms with van der Waals surface area (Å²) in [6, 6.07) is 0.676. The number of methoxy groups -OCH3 is 1. The first-order chi connectivity index (χ1) is 5.74. The Balaban J connectivity index is 2.29. The molecule has 0 amide bonds.